The lowest BCUT2D eigenvalue weighted by molar-refractivity contribution is -0.123. The summed E-state index contributed by atoms with van der Waals surface area (Å²) in [6.45, 7) is 1.73. The summed E-state index contributed by atoms with van der Waals surface area (Å²) in [5, 5.41) is 11.3. The fraction of sp³-hybridized carbons (Fsp3) is 0.273. The second-order valence-corrected chi connectivity index (χ2v) is 3.16. The molecule has 1 amide bonds. The zero-order chi connectivity index (χ0) is 12.8. The van der Waals surface area contributed by atoms with Crippen molar-refractivity contribution in [2.75, 3.05) is 13.2 Å². The third kappa shape index (κ3) is 3.44. The maximum absolute atomic E-state index is 13.3. The monoisotopic (exact) mass is 241 g/mol. The predicted molar refractivity (Wildman–Crippen MR) is 57.5 cm³/mol. The lowest BCUT2D eigenvalue weighted by atomic mass is 10.2. The van der Waals surface area contributed by atoms with Gasteiger partial charge in [0.15, 0.2) is 18.2 Å². The lowest BCUT2D eigenvalue weighted by Crippen LogP contribution is -2.28. The van der Waals surface area contributed by atoms with Crippen LogP contribution in [0, 0.1) is 5.82 Å². The topological polar surface area (TPSA) is 75.6 Å². The molecule has 6 heteroatoms. The number of halogens is 1. The number of carbonyl (C=O) groups is 2. The molecule has 5 nitrogen and oxygen atoms in total. The van der Waals surface area contributed by atoms with Crippen LogP contribution in [-0.4, -0.2) is 30.1 Å². The quantitative estimate of drug-likeness (QED) is 0.807. The van der Waals surface area contributed by atoms with Crippen molar-refractivity contribution < 1.29 is 23.8 Å². The molecule has 0 saturated carbocycles. The van der Waals surface area contributed by atoms with E-state index in [-0.39, 0.29) is 5.56 Å². The van der Waals surface area contributed by atoms with Crippen LogP contribution in [-0.2, 0) is 4.79 Å². The number of aromatic carboxylic acids is 1. The molecule has 0 saturated heterocycles. The molecule has 1 aromatic carbocycles. The number of hydrogen-bond acceptors (Lipinski definition) is 3. The first-order valence-corrected chi connectivity index (χ1v) is 4.97. The molecule has 0 spiro atoms. The Labute approximate surface area is 97.2 Å². The van der Waals surface area contributed by atoms with Crippen molar-refractivity contribution in [1.29, 1.82) is 0 Å². The molecule has 0 radical (unpaired) electrons. The van der Waals surface area contributed by atoms with E-state index in [1.165, 1.54) is 12.1 Å². The molecule has 1 aromatic rings. The van der Waals surface area contributed by atoms with Gasteiger partial charge in [-0.25, -0.2) is 9.18 Å². The van der Waals surface area contributed by atoms with Crippen LogP contribution in [0.5, 0.6) is 5.75 Å². The summed E-state index contributed by atoms with van der Waals surface area (Å²) in [7, 11) is 0. The highest BCUT2D eigenvalue weighted by molar-refractivity contribution is 5.91. The minimum absolute atomic E-state index is 0.311. The molecule has 0 aliphatic carbocycles. The van der Waals surface area contributed by atoms with E-state index in [1.54, 1.807) is 6.92 Å². The van der Waals surface area contributed by atoms with Crippen molar-refractivity contribution in [1.82, 2.24) is 5.32 Å². The van der Waals surface area contributed by atoms with Gasteiger partial charge in [0.25, 0.3) is 5.91 Å². The Morgan fingerprint density at radius 2 is 2.18 bits per heavy atom. The Morgan fingerprint density at radius 3 is 2.76 bits per heavy atom. The largest absolute Gasteiger partial charge is 0.480 e. The van der Waals surface area contributed by atoms with E-state index in [1.807, 2.05) is 0 Å². The molecular weight excluding hydrogens is 229 g/mol. The summed E-state index contributed by atoms with van der Waals surface area (Å²) in [6.07, 6.45) is 0. The lowest BCUT2D eigenvalue weighted by Gasteiger charge is -2.09. The van der Waals surface area contributed by atoms with E-state index in [2.05, 4.69) is 5.32 Å². The summed E-state index contributed by atoms with van der Waals surface area (Å²) in [4.78, 5) is 21.9. The summed E-state index contributed by atoms with van der Waals surface area (Å²) in [5.41, 5.74) is -0.311. The SMILES string of the molecule is CCNC(=O)COc1c(F)cccc1C(=O)O. The van der Waals surface area contributed by atoms with Crippen molar-refractivity contribution in [2.24, 2.45) is 0 Å². The van der Waals surface area contributed by atoms with E-state index < -0.39 is 30.1 Å². The first-order chi connectivity index (χ1) is 8.06. The minimum atomic E-state index is -1.31. The molecule has 0 bridgehead atoms. The molecule has 0 aliphatic heterocycles. The molecule has 0 aliphatic rings. The standard InChI is InChI=1S/C11H12FNO4/c1-2-13-9(14)6-17-10-7(11(15)16)4-3-5-8(10)12/h3-5H,2,6H2,1H3,(H,13,14)(H,15,16). The van der Waals surface area contributed by atoms with Gasteiger partial charge in [-0.05, 0) is 19.1 Å². The Kier molecular flexibility index (Phi) is 4.45. The molecule has 0 aromatic heterocycles. The van der Waals surface area contributed by atoms with Gasteiger partial charge in [0.05, 0.1) is 0 Å². The van der Waals surface area contributed by atoms with Gasteiger partial charge < -0.3 is 15.2 Å². The Bertz CT molecular complexity index is 433. The second-order valence-electron chi connectivity index (χ2n) is 3.16. The van der Waals surface area contributed by atoms with Crippen molar-refractivity contribution in [3.05, 3.63) is 29.6 Å². The Balaban J connectivity index is 2.82. The van der Waals surface area contributed by atoms with Crippen LogP contribution in [0.25, 0.3) is 0 Å². The summed E-state index contributed by atoms with van der Waals surface area (Å²) in [5.74, 6) is -2.98. The van der Waals surface area contributed by atoms with Gasteiger partial charge in [-0.3, -0.25) is 4.79 Å². The molecule has 0 unspecified atom stereocenters. The van der Waals surface area contributed by atoms with Crippen LogP contribution >= 0.6 is 0 Å². The van der Waals surface area contributed by atoms with Gasteiger partial charge in [-0.15, -0.1) is 0 Å². The normalized spacial score (nSPS) is 9.76. The molecule has 92 valence electrons. The number of rotatable bonds is 5. The third-order valence-electron chi connectivity index (χ3n) is 1.92. The summed E-state index contributed by atoms with van der Waals surface area (Å²) in [6, 6.07) is 3.54. The van der Waals surface area contributed by atoms with Crippen LogP contribution < -0.4 is 10.1 Å². The van der Waals surface area contributed by atoms with E-state index >= 15 is 0 Å². The molecule has 0 atom stereocenters. The Hall–Kier alpha value is -2.11. The van der Waals surface area contributed by atoms with Crippen LogP contribution in [0.4, 0.5) is 4.39 Å². The number of hydrogen-bond donors (Lipinski definition) is 2. The van der Waals surface area contributed by atoms with Gasteiger partial charge in [-0.2, -0.15) is 0 Å². The maximum atomic E-state index is 13.3. The highest BCUT2D eigenvalue weighted by atomic mass is 19.1. The van der Waals surface area contributed by atoms with Gasteiger partial charge in [0.1, 0.15) is 5.56 Å². The van der Waals surface area contributed by atoms with E-state index in [9.17, 15) is 14.0 Å². The maximum Gasteiger partial charge on any atom is 0.339 e. The molecule has 1 rings (SSSR count). The van der Waals surface area contributed by atoms with Gasteiger partial charge >= 0.3 is 5.97 Å². The van der Waals surface area contributed by atoms with Crippen molar-refractivity contribution in [2.45, 2.75) is 6.92 Å². The van der Waals surface area contributed by atoms with Crippen LogP contribution in [0.15, 0.2) is 18.2 Å². The molecule has 17 heavy (non-hydrogen) atoms. The van der Waals surface area contributed by atoms with Gasteiger partial charge in [-0.1, -0.05) is 6.07 Å². The number of para-hydroxylation sites is 1. The zero-order valence-electron chi connectivity index (χ0n) is 9.20. The van der Waals surface area contributed by atoms with Crippen molar-refractivity contribution >= 4 is 11.9 Å². The third-order valence-corrected chi connectivity index (χ3v) is 1.92. The van der Waals surface area contributed by atoms with Crippen LogP contribution in [0.3, 0.4) is 0 Å². The fourth-order valence-corrected chi connectivity index (χ4v) is 1.21. The number of benzene rings is 1. The zero-order valence-corrected chi connectivity index (χ0v) is 9.20. The van der Waals surface area contributed by atoms with Gasteiger partial charge in [0.2, 0.25) is 0 Å². The smallest absolute Gasteiger partial charge is 0.339 e. The van der Waals surface area contributed by atoms with E-state index in [4.69, 9.17) is 9.84 Å². The molecular formula is C11H12FNO4. The number of ether oxygens (including phenoxy) is 1. The average molecular weight is 241 g/mol. The minimum Gasteiger partial charge on any atom is -0.480 e. The first-order valence-electron chi connectivity index (χ1n) is 4.97. The second kappa shape index (κ2) is 5.83. The summed E-state index contributed by atoms with van der Waals surface area (Å²) < 4.78 is 18.2. The average Bonchev–Trinajstić information content (AvgIpc) is 2.27. The molecule has 0 heterocycles. The van der Waals surface area contributed by atoms with Crippen LogP contribution in [0.1, 0.15) is 17.3 Å². The van der Waals surface area contributed by atoms with Crippen molar-refractivity contribution in [3.63, 3.8) is 0 Å². The Morgan fingerprint density at radius 1 is 1.47 bits per heavy atom. The molecule has 2 N–H and O–H groups in total. The highest BCUT2D eigenvalue weighted by Gasteiger charge is 2.16. The number of amides is 1. The number of carbonyl (C=O) groups excluding carboxylic acids is 1. The highest BCUT2D eigenvalue weighted by Crippen LogP contribution is 2.22. The summed E-state index contributed by atoms with van der Waals surface area (Å²) >= 11 is 0. The number of carboxylic acids is 1. The van der Waals surface area contributed by atoms with Crippen molar-refractivity contribution in [3.8, 4) is 5.75 Å². The van der Waals surface area contributed by atoms with E-state index in [0.29, 0.717) is 6.54 Å². The first kappa shape index (κ1) is 13.0. The van der Waals surface area contributed by atoms with Gasteiger partial charge in [0, 0.05) is 6.54 Å². The number of nitrogens with one attached hydrogen (secondary N) is 1. The number of carboxylic acid groups (broad SMARTS) is 1. The predicted octanol–water partition coefficient (Wildman–Crippen LogP) is 1.04. The van der Waals surface area contributed by atoms with Crippen LogP contribution in [0.2, 0.25) is 0 Å². The fourth-order valence-electron chi connectivity index (χ4n) is 1.21. The van der Waals surface area contributed by atoms with E-state index in [0.717, 1.165) is 6.07 Å². The molecule has 0 fully saturated rings. The number of likely N-dealkylation sites (N-methyl/N-ethyl adjacent to an activating group) is 1.